The Morgan fingerprint density at radius 3 is 2.79 bits per heavy atom. The Kier molecular flexibility index (Phi) is 8.39. The zero-order valence-corrected chi connectivity index (χ0v) is 17.1. The van der Waals surface area contributed by atoms with Crippen molar-refractivity contribution in [2.75, 3.05) is 66.1 Å². The number of benzene rings is 1. The molecule has 0 amide bonds. The number of nitrogens with zero attached hydrogens (tertiary/aromatic N) is 3. The maximum absolute atomic E-state index is 6.14. The van der Waals surface area contributed by atoms with Crippen molar-refractivity contribution < 1.29 is 9.47 Å². The second-order valence-corrected chi connectivity index (χ2v) is 7.50. The van der Waals surface area contributed by atoms with Gasteiger partial charge in [-0.25, -0.2) is 0 Å². The van der Waals surface area contributed by atoms with Gasteiger partial charge in [-0.3, -0.25) is 14.8 Å². The van der Waals surface area contributed by atoms with E-state index in [4.69, 9.17) is 15.2 Å². The molecule has 2 aliphatic heterocycles. The van der Waals surface area contributed by atoms with Crippen LogP contribution < -0.4 is 15.8 Å². The molecule has 0 saturated carbocycles. The van der Waals surface area contributed by atoms with E-state index in [9.17, 15) is 0 Å². The summed E-state index contributed by atoms with van der Waals surface area (Å²) < 4.78 is 10.8. The van der Waals surface area contributed by atoms with Crippen molar-refractivity contribution in [3.63, 3.8) is 0 Å². The van der Waals surface area contributed by atoms with E-state index in [-0.39, 0.29) is 6.04 Å². The van der Waals surface area contributed by atoms with Gasteiger partial charge in [0.15, 0.2) is 5.96 Å². The lowest BCUT2D eigenvalue weighted by Gasteiger charge is -2.27. The van der Waals surface area contributed by atoms with Gasteiger partial charge in [0.05, 0.1) is 32.9 Å². The third-order valence-corrected chi connectivity index (χ3v) is 5.56. The monoisotopic (exact) mass is 389 g/mol. The molecule has 0 bridgehead atoms. The molecule has 1 aromatic rings. The minimum absolute atomic E-state index is 0.242. The number of hydrogen-bond acceptors (Lipinski definition) is 5. The molecule has 156 valence electrons. The zero-order chi connectivity index (χ0) is 19.6. The Labute approximate surface area is 168 Å². The lowest BCUT2D eigenvalue weighted by Crippen LogP contribution is -2.39. The molecule has 1 unspecified atom stereocenters. The minimum Gasteiger partial charge on any atom is -0.497 e. The van der Waals surface area contributed by atoms with Crippen LogP contribution in [0, 0.1) is 0 Å². The van der Waals surface area contributed by atoms with E-state index in [0.717, 1.165) is 64.7 Å². The molecule has 2 fully saturated rings. The number of likely N-dealkylation sites (tertiary alicyclic amines) is 1. The highest BCUT2D eigenvalue weighted by Crippen LogP contribution is 2.27. The molecule has 3 rings (SSSR count). The summed E-state index contributed by atoms with van der Waals surface area (Å²) in [5, 5.41) is 3.27. The van der Waals surface area contributed by atoms with Gasteiger partial charge in [-0.05, 0) is 56.6 Å². The molecule has 1 atom stereocenters. The molecule has 3 N–H and O–H groups in total. The summed E-state index contributed by atoms with van der Waals surface area (Å²) >= 11 is 0. The summed E-state index contributed by atoms with van der Waals surface area (Å²) in [6.07, 6.45) is 3.56. The second kappa shape index (κ2) is 11.2. The number of nitrogens with two attached hydrogens (primary N) is 1. The van der Waals surface area contributed by atoms with Crippen LogP contribution in [-0.4, -0.2) is 81.9 Å². The normalized spacial score (nSPS) is 20.2. The highest BCUT2D eigenvalue weighted by atomic mass is 16.5. The third-order valence-electron chi connectivity index (χ3n) is 5.56. The van der Waals surface area contributed by atoms with E-state index >= 15 is 0 Å². The molecule has 0 radical (unpaired) electrons. The molecule has 7 heteroatoms. The molecule has 7 nitrogen and oxygen atoms in total. The van der Waals surface area contributed by atoms with Gasteiger partial charge in [0, 0.05) is 19.6 Å². The molecule has 0 spiro atoms. The summed E-state index contributed by atoms with van der Waals surface area (Å²) in [6, 6.07) is 8.55. The first-order valence-electron chi connectivity index (χ1n) is 10.5. The van der Waals surface area contributed by atoms with Gasteiger partial charge in [-0.2, -0.15) is 0 Å². The molecule has 2 aliphatic rings. The average molecular weight is 390 g/mol. The van der Waals surface area contributed by atoms with Crippen LogP contribution in [-0.2, 0) is 4.74 Å². The summed E-state index contributed by atoms with van der Waals surface area (Å²) in [5.74, 6) is 1.42. The lowest BCUT2D eigenvalue weighted by atomic mass is 10.1. The fourth-order valence-electron chi connectivity index (χ4n) is 3.92. The van der Waals surface area contributed by atoms with Gasteiger partial charge in [0.1, 0.15) is 5.75 Å². The highest BCUT2D eigenvalue weighted by molar-refractivity contribution is 5.77. The fraction of sp³-hybridized carbons (Fsp3) is 0.667. The van der Waals surface area contributed by atoms with Gasteiger partial charge in [0.2, 0.25) is 0 Å². The molecule has 0 aliphatic carbocycles. The number of hydrogen-bond donors (Lipinski definition) is 2. The first kappa shape index (κ1) is 20.9. The number of guanidine groups is 1. The molecule has 1 aromatic carbocycles. The van der Waals surface area contributed by atoms with Crippen LogP contribution in [0.2, 0.25) is 0 Å². The van der Waals surface area contributed by atoms with Crippen molar-refractivity contribution in [3.8, 4) is 5.75 Å². The van der Waals surface area contributed by atoms with Crippen LogP contribution in [0.5, 0.6) is 5.75 Å². The van der Waals surface area contributed by atoms with Gasteiger partial charge >= 0.3 is 0 Å². The van der Waals surface area contributed by atoms with E-state index in [1.807, 2.05) is 12.1 Å². The van der Waals surface area contributed by atoms with Crippen LogP contribution in [0.4, 0.5) is 0 Å². The summed E-state index contributed by atoms with van der Waals surface area (Å²) in [7, 11) is 1.71. The van der Waals surface area contributed by atoms with Gasteiger partial charge in [-0.1, -0.05) is 12.1 Å². The van der Waals surface area contributed by atoms with E-state index < -0.39 is 0 Å². The van der Waals surface area contributed by atoms with Gasteiger partial charge in [-0.15, -0.1) is 0 Å². The number of morpholine rings is 1. The van der Waals surface area contributed by atoms with E-state index in [1.54, 1.807) is 7.11 Å². The van der Waals surface area contributed by atoms with E-state index in [0.29, 0.717) is 12.5 Å². The number of aliphatic imine (C=N–C) groups is 1. The molecular weight excluding hydrogens is 354 g/mol. The Morgan fingerprint density at radius 2 is 2.04 bits per heavy atom. The molecule has 2 saturated heterocycles. The van der Waals surface area contributed by atoms with Crippen LogP contribution in [0.15, 0.2) is 29.3 Å². The Morgan fingerprint density at radius 1 is 1.25 bits per heavy atom. The van der Waals surface area contributed by atoms with E-state index in [2.05, 4.69) is 32.2 Å². The van der Waals surface area contributed by atoms with E-state index in [1.165, 1.54) is 18.4 Å². The third kappa shape index (κ3) is 6.36. The van der Waals surface area contributed by atoms with Crippen molar-refractivity contribution in [2.24, 2.45) is 10.7 Å². The molecule has 0 aromatic heterocycles. The molecule has 2 heterocycles. The predicted octanol–water partition coefficient (Wildman–Crippen LogP) is 1.46. The van der Waals surface area contributed by atoms with Crippen LogP contribution in [0.25, 0.3) is 0 Å². The standard InChI is InChI=1S/C21H35N5O2/c1-27-19-7-4-6-18(16-19)20(26-10-2-3-11-26)17-24-21(22)23-8-5-9-25-12-14-28-15-13-25/h4,6-7,16,20H,2-3,5,8-15,17H2,1H3,(H3,22,23,24). The minimum atomic E-state index is 0.242. The van der Waals surface area contributed by atoms with Crippen molar-refractivity contribution in [2.45, 2.75) is 25.3 Å². The summed E-state index contributed by atoms with van der Waals surface area (Å²) in [5.41, 5.74) is 7.38. The topological polar surface area (TPSA) is 75.3 Å². The van der Waals surface area contributed by atoms with Crippen molar-refractivity contribution in [1.29, 1.82) is 0 Å². The first-order chi connectivity index (χ1) is 13.8. The maximum atomic E-state index is 6.14. The average Bonchev–Trinajstić information content (AvgIpc) is 3.27. The molecule has 28 heavy (non-hydrogen) atoms. The lowest BCUT2D eigenvalue weighted by molar-refractivity contribution is 0.0376. The SMILES string of the molecule is COc1cccc(C(CN=C(N)NCCCN2CCOCC2)N2CCCC2)c1. The van der Waals surface area contributed by atoms with Crippen molar-refractivity contribution in [1.82, 2.24) is 15.1 Å². The summed E-state index contributed by atoms with van der Waals surface area (Å²) in [6.45, 7) is 8.57. The quantitative estimate of drug-likeness (QED) is 0.378. The highest BCUT2D eigenvalue weighted by Gasteiger charge is 2.23. The smallest absolute Gasteiger partial charge is 0.188 e. The first-order valence-corrected chi connectivity index (χ1v) is 10.5. The second-order valence-electron chi connectivity index (χ2n) is 7.50. The maximum Gasteiger partial charge on any atom is 0.188 e. The van der Waals surface area contributed by atoms with Gasteiger partial charge < -0.3 is 20.5 Å². The van der Waals surface area contributed by atoms with Gasteiger partial charge in [0.25, 0.3) is 0 Å². The van der Waals surface area contributed by atoms with Crippen molar-refractivity contribution >= 4 is 5.96 Å². The zero-order valence-electron chi connectivity index (χ0n) is 17.1. The largest absolute Gasteiger partial charge is 0.497 e. The Balaban J connectivity index is 1.49. The molecular formula is C21H35N5O2. The fourth-order valence-corrected chi connectivity index (χ4v) is 3.92. The van der Waals surface area contributed by atoms with Crippen molar-refractivity contribution in [3.05, 3.63) is 29.8 Å². The number of rotatable bonds is 9. The Hall–Kier alpha value is -1.83. The Bertz CT molecular complexity index is 613. The predicted molar refractivity (Wildman–Crippen MR) is 113 cm³/mol. The number of ether oxygens (including phenoxy) is 2. The number of methoxy groups -OCH3 is 1. The summed E-state index contributed by atoms with van der Waals surface area (Å²) in [4.78, 5) is 9.59. The van der Waals surface area contributed by atoms with Crippen LogP contribution >= 0.6 is 0 Å². The van der Waals surface area contributed by atoms with Crippen LogP contribution in [0.3, 0.4) is 0 Å². The van der Waals surface area contributed by atoms with Crippen LogP contribution in [0.1, 0.15) is 30.9 Å². The number of nitrogens with one attached hydrogen (secondary N) is 1.